The minimum Gasteiger partial charge on any atom is -0.493 e. The van der Waals surface area contributed by atoms with E-state index in [-0.39, 0.29) is 11.8 Å². The highest BCUT2D eigenvalue weighted by atomic mass is 16.5. The maximum Gasteiger partial charge on any atom is 0.236 e. The molecule has 0 aliphatic carbocycles. The van der Waals surface area contributed by atoms with Gasteiger partial charge in [-0.2, -0.15) is 5.10 Å². The summed E-state index contributed by atoms with van der Waals surface area (Å²) in [6, 6.07) is 6.19. The van der Waals surface area contributed by atoms with Gasteiger partial charge < -0.3 is 19.5 Å². The van der Waals surface area contributed by atoms with Crippen molar-refractivity contribution in [3.63, 3.8) is 0 Å². The van der Waals surface area contributed by atoms with Crippen molar-refractivity contribution in [3.05, 3.63) is 36.3 Å². The maximum atomic E-state index is 12.1. The second kappa shape index (κ2) is 9.18. The van der Waals surface area contributed by atoms with Crippen LogP contribution in [0.25, 0.3) is 27.9 Å². The van der Waals surface area contributed by atoms with Gasteiger partial charge in [0.2, 0.25) is 5.91 Å². The lowest BCUT2D eigenvalue weighted by Gasteiger charge is -2.35. The number of hydrogen-bond acceptors (Lipinski definition) is 7. The number of rotatable bonds is 6. The fourth-order valence-corrected chi connectivity index (χ4v) is 4.69. The molecule has 0 bridgehead atoms. The van der Waals surface area contributed by atoms with E-state index in [1.165, 1.54) is 11.9 Å². The average molecular weight is 477 g/mol. The van der Waals surface area contributed by atoms with Crippen LogP contribution in [-0.4, -0.2) is 94.2 Å². The zero-order valence-electron chi connectivity index (χ0n) is 20.9. The third-order valence-corrected chi connectivity index (χ3v) is 6.65. The number of methoxy groups -OCH3 is 1. The minimum absolute atomic E-state index is 0.139. The van der Waals surface area contributed by atoms with Gasteiger partial charge in [0.15, 0.2) is 11.4 Å². The van der Waals surface area contributed by atoms with E-state index in [9.17, 15) is 4.79 Å². The normalized spacial score (nSPS) is 14.9. The first-order valence-electron chi connectivity index (χ1n) is 11.9. The van der Waals surface area contributed by atoms with Gasteiger partial charge in [0.25, 0.3) is 0 Å². The molecule has 0 spiro atoms. The second-order valence-electron chi connectivity index (χ2n) is 9.51. The van der Waals surface area contributed by atoms with Gasteiger partial charge in [0.1, 0.15) is 12.1 Å². The number of ether oxygens (including phenoxy) is 1. The van der Waals surface area contributed by atoms with Gasteiger partial charge in [-0.3, -0.25) is 9.69 Å². The quantitative estimate of drug-likeness (QED) is 0.457. The Morgan fingerprint density at radius 1 is 1.20 bits per heavy atom. The van der Waals surface area contributed by atoms with E-state index in [4.69, 9.17) is 9.72 Å². The van der Waals surface area contributed by atoms with Crippen molar-refractivity contribution in [3.8, 4) is 17.0 Å². The lowest BCUT2D eigenvalue weighted by Crippen LogP contribution is -2.49. The Morgan fingerprint density at radius 2 is 1.97 bits per heavy atom. The number of carbonyl (C=O) groups is 1. The molecule has 5 rings (SSSR count). The fourth-order valence-electron chi connectivity index (χ4n) is 4.69. The molecule has 0 unspecified atom stereocenters. The first kappa shape index (κ1) is 23.1. The monoisotopic (exact) mass is 476 g/mol. The standard InChI is InChI=1S/C25H32N8O2/c1-16(2)22-23(17-12-19(35-5)25-26-15-27-33(25)13-17)28-18-6-7-20(29-24(18)22)32-10-8-31(9-11-32)14-21(34)30(3)4/h6-7,12-13,15-16,28H,8-11,14H2,1-5H3. The van der Waals surface area contributed by atoms with E-state index in [0.29, 0.717) is 17.9 Å². The van der Waals surface area contributed by atoms with Crippen LogP contribution in [-0.2, 0) is 4.79 Å². The Balaban J connectivity index is 1.47. The van der Waals surface area contributed by atoms with E-state index < -0.39 is 0 Å². The third-order valence-electron chi connectivity index (χ3n) is 6.65. The number of likely N-dealkylation sites (N-methyl/N-ethyl adjacent to an activating group) is 1. The minimum atomic E-state index is 0.139. The molecule has 1 fully saturated rings. The molecular weight excluding hydrogens is 444 g/mol. The second-order valence-corrected chi connectivity index (χ2v) is 9.51. The first-order valence-corrected chi connectivity index (χ1v) is 11.9. The number of hydrogen-bond donors (Lipinski definition) is 1. The molecule has 0 radical (unpaired) electrons. The Hall–Kier alpha value is -3.66. The number of carbonyl (C=O) groups excluding carboxylic acids is 1. The molecule has 0 aromatic carbocycles. The van der Waals surface area contributed by atoms with E-state index in [2.05, 4.69) is 50.8 Å². The first-order chi connectivity index (χ1) is 16.9. The average Bonchev–Trinajstić information content (AvgIpc) is 3.48. The number of nitrogens with zero attached hydrogens (tertiary/aromatic N) is 7. The van der Waals surface area contributed by atoms with Crippen LogP contribution in [0.3, 0.4) is 0 Å². The van der Waals surface area contributed by atoms with Crippen molar-refractivity contribution in [2.45, 2.75) is 19.8 Å². The molecule has 0 saturated carbocycles. The summed E-state index contributed by atoms with van der Waals surface area (Å²) in [5, 5.41) is 4.31. The Labute approximate surface area is 204 Å². The van der Waals surface area contributed by atoms with E-state index in [1.807, 2.05) is 12.3 Å². The predicted molar refractivity (Wildman–Crippen MR) is 136 cm³/mol. The summed E-state index contributed by atoms with van der Waals surface area (Å²) in [7, 11) is 5.25. The van der Waals surface area contributed by atoms with E-state index in [0.717, 1.165) is 54.3 Å². The van der Waals surface area contributed by atoms with Crippen molar-refractivity contribution in [2.24, 2.45) is 0 Å². The number of pyridine rings is 2. The highest BCUT2D eigenvalue weighted by molar-refractivity contribution is 5.90. The van der Waals surface area contributed by atoms with Crippen LogP contribution in [0.15, 0.2) is 30.7 Å². The van der Waals surface area contributed by atoms with Crippen molar-refractivity contribution in [1.29, 1.82) is 0 Å². The van der Waals surface area contributed by atoms with Gasteiger partial charge >= 0.3 is 0 Å². The van der Waals surface area contributed by atoms with Crippen LogP contribution in [0.5, 0.6) is 5.75 Å². The molecule has 10 nitrogen and oxygen atoms in total. The summed E-state index contributed by atoms with van der Waals surface area (Å²) in [5.74, 6) is 2.04. The summed E-state index contributed by atoms with van der Waals surface area (Å²) in [6.07, 6.45) is 3.50. The van der Waals surface area contributed by atoms with Crippen LogP contribution in [0.1, 0.15) is 25.3 Å². The lowest BCUT2D eigenvalue weighted by atomic mass is 9.99. The molecule has 1 amide bonds. The van der Waals surface area contributed by atoms with Crippen LogP contribution >= 0.6 is 0 Å². The number of amides is 1. The summed E-state index contributed by atoms with van der Waals surface area (Å²) in [4.78, 5) is 31.2. The maximum absolute atomic E-state index is 12.1. The summed E-state index contributed by atoms with van der Waals surface area (Å²) in [6.45, 7) is 8.20. The molecule has 1 saturated heterocycles. The van der Waals surface area contributed by atoms with Crippen LogP contribution in [0.2, 0.25) is 0 Å². The van der Waals surface area contributed by atoms with E-state index in [1.54, 1.807) is 30.6 Å². The number of anilines is 1. The van der Waals surface area contributed by atoms with E-state index >= 15 is 0 Å². The summed E-state index contributed by atoms with van der Waals surface area (Å²) >= 11 is 0. The highest BCUT2D eigenvalue weighted by Crippen LogP contribution is 2.37. The molecule has 5 heterocycles. The SMILES string of the molecule is COc1cc(-c2[nH]c3ccc(N4CCN(CC(=O)N(C)C)CC4)nc3c2C(C)C)cn2ncnc12. The van der Waals surface area contributed by atoms with Crippen molar-refractivity contribution < 1.29 is 9.53 Å². The molecule has 4 aromatic heterocycles. The fraction of sp³-hybridized carbons (Fsp3) is 0.440. The summed E-state index contributed by atoms with van der Waals surface area (Å²) in [5.41, 5.74) is 5.82. The van der Waals surface area contributed by atoms with Crippen molar-refractivity contribution in [1.82, 2.24) is 34.4 Å². The van der Waals surface area contributed by atoms with Crippen molar-refractivity contribution >= 4 is 28.4 Å². The van der Waals surface area contributed by atoms with Gasteiger partial charge in [0.05, 0.1) is 30.4 Å². The molecule has 184 valence electrons. The van der Waals surface area contributed by atoms with Gasteiger partial charge in [-0.25, -0.2) is 14.5 Å². The lowest BCUT2D eigenvalue weighted by molar-refractivity contribution is -0.129. The number of aromatic nitrogens is 5. The highest BCUT2D eigenvalue weighted by Gasteiger charge is 2.23. The van der Waals surface area contributed by atoms with Gasteiger partial charge in [-0.15, -0.1) is 0 Å². The molecule has 1 aliphatic rings. The van der Waals surface area contributed by atoms with Crippen LogP contribution in [0.4, 0.5) is 5.82 Å². The molecule has 10 heteroatoms. The molecular formula is C25H32N8O2. The third kappa shape index (κ3) is 4.29. The van der Waals surface area contributed by atoms with Crippen molar-refractivity contribution in [2.75, 3.05) is 58.8 Å². The van der Waals surface area contributed by atoms with Crippen LogP contribution < -0.4 is 9.64 Å². The molecule has 1 N–H and O–H groups in total. The number of H-pyrrole nitrogens is 1. The summed E-state index contributed by atoms with van der Waals surface area (Å²) < 4.78 is 7.32. The van der Waals surface area contributed by atoms with Gasteiger partial charge in [-0.05, 0) is 24.1 Å². The zero-order valence-corrected chi connectivity index (χ0v) is 20.9. The predicted octanol–water partition coefficient (Wildman–Crippen LogP) is 2.61. The Kier molecular flexibility index (Phi) is 6.06. The zero-order chi connectivity index (χ0) is 24.7. The largest absolute Gasteiger partial charge is 0.493 e. The molecule has 1 aliphatic heterocycles. The molecule has 0 atom stereocenters. The number of fused-ring (bicyclic) bond motifs is 2. The topological polar surface area (TPSA) is 94.9 Å². The number of aromatic amines is 1. The van der Waals surface area contributed by atoms with Gasteiger partial charge in [-0.1, -0.05) is 13.8 Å². The number of piperazine rings is 1. The number of nitrogens with one attached hydrogen (secondary N) is 1. The molecule has 35 heavy (non-hydrogen) atoms. The Morgan fingerprint density at radius 3 is 2.66 bits per heavy atom. The van der Waals surface area contributed by atoms with Gasteiger partial charge in [0, 0.05) is 57.6 Å². The smallest absolute Gasteiger partial charge is 0.236 e. The molecule has 4 aromatic rings. The Bertz CT molecular complexity index is 1360. The van der Waals surface area contributed by atoms with Crippen LogP contribution in [0, 0.1) is 0 Å².